The number of fused-ring (bicyclic) bond motifs is 1. The number of hydrogen-bond acceptors (Lipinski definition) is 2. The van der Waals surface area contributed by atoms with Crippen molar-refractivity contribution < 1.29 is 0 Å². The summed E-state index contributed by atoms with van der Waals surface area (Å²) in [6, 6.07) is 6.37. The SMILES string of the molecule is Brc1ccc2c(c1)NCC1(CCC1)N2. The first-order chi connectivity index (χ1) is 6.77. The van der Waals surface area contributed by atoms with Crippen LogP contribution in [0, 0.1) is 0 Å². The molecule has 14 heavy (non-hydrogen) atoms. The van der Waals surface area contributed by atoms with Crippen molar-refractivity contribution in [3.63, 3.8) is 0 Å². The minimum atomic E-state index is 0.362. The highest BCUT2D eigenvalue weighted by Gasteiger charge is 2.39. The van der Waals surface area contributed by atoms with E-state index in [1.54, 1.807) is 0 Å². The molecule has 0 radical (unpaired) electrons. The van der Waals surface area contributed by atoms with Gasteiger partial charge in [-0.3, -0.25) is 0 Å². The zero-order valence-electron chi connectivity index (χ0n) is 7.94. The van der Waals surface area contributed by atoms with Crippen molar-refractivity contribution in [2.45, 2.75) is 24.8 Å². The zero-order chi connectivity index (χ0) is 9.60. The third-order valence-electron chi connectivity index (χ3n) is 3.31. The van der Waals surface area contributed by atoms with Crippen LogP contribution in [0.25, 0.3) is 0 Å². The first-order valence-electron chi connectivity index (χ1n) is 5.09. The molecule has 1 aromatic rings. The summed E-state index contributed by atoms with van der Waals surface area (Å²) < 4.78 is 1.13. The quantitative estimate of drug-likeness (QED) is 0.741. The van der Waals surface area contributed by atoms with Gasteiger partial charge in [0.1, 0.15) is 0 Å². The maximum absolute atomic E-state index is 3.65. The fraction of sp³-hybridized carbons (Fsp3) is 0.455. The molecule has 1 aliphatic heterocycles. The Morgan fingerprint density at radius 1 is 1.21 bits per heavy atom. The van der Waals surface area contributed by atoms with Gasteiger partial charge < -0.3 is 10.6 Å². The molecule has 3 heteroatoms. The van der Waals surface area contributed by atoms with Gasteiger partial charge in [0.15, 0.2) is 0 Å². The summed E-state index contributed by atoms with van der Waals surface area (Å²) in [5, 5.41) is 7.16. The van der Waals surface area contributed by atoms with E-state index in [2.05, 4.69) is 44.8 Å². The van der Waals surface area contributed by atoms with Crippen LogP contribution >= 0.6 is 15.9 Å². The van der Waals surface area contributed by atoms with Gasteiger partial charge >= 0.3 is 0 Å². The summed E-state index contributed by atoms with van der Waals surface area (Å²) in [5.74, 6) is 0. The number of benzene rings is 1. The van der Waals surface area contributed by atoms with Crippen LogP contribution in [0.2, 0.25) is 0 Å². The summed E-state index contributed by atoms with van der Waals surface area (Å²) >= 11 is 3.48. The Morgan fingerprint density at radius 2 is 2.07 bits per heavy atom. The summed E-state index contributed by atoms with van der Waals surface area (Å²) in [4.78, 5) is 0. The Bertz CT molecular complexity index is 372. The number of nitrogens with one attached hydrogen (secondary N) is 2. The third-order valence-corrected chi connectivity index (χ3v) is 3.80. The minimum Gasteiger partial charge on any atom is -0.381 e. The summed E-state index contributed by atoms with van der Waals surface area (Å²) in [7, 11) is 0. The molecular formula is C11H13BrN2. The van der Waals surface area contributed by atoms with Crippen molar-refractivity contribution >= 4 is 27.3 Å². The van der Waals surface area contributed by atoms with E-state index >= 15 is 0 Å². The second-order valence-electron chi connectivity index (χ2n) is 4.30. The van der Waals surface area contributed by atoms with Gasteiger partial charge in [0.2, 0.25) is 0 Å². The number of halogens is 1. The lowest BCUT2D eigenvalue weighted by Gasteiger charge is -2.47. The van der Waals surface area contributed by atoms with E-state index in [0.717, 1.165) is 11.0 Å². The Balaban J connectivity index is 1.94. The van der Waals surface area contributed by atoms with E-state index in [-0.39, 0.29) is 0 Å². The minimum absolute atomic E-state index is 0.362. The summed E-state index contributed by atoms with van der Waals surface area (Å²) in [6.07, 6.45) is 3.96. The van der Waals surface area contributed by atoms with Gasteiger partial charge in [0.05, 0.1) is 16.9 Å². The average molecular weight is 253 g/mol. The molecule has 1 spiro atoms. The van der Waals surface area contributed by atoms with E-state index in [4.69, 9.17) is 0 Å². The maximum Gasteiger partial charge on any atom is 0.0588 e. The highest BCUT2D eigenvalue weighted by Crippen LogP contribution is 2.41. The van der Waals surface area contributed by atoms with Crippen molar-refractivity contribution in [2.24, 2.45) is 0 Å². The van der Waals surface area contributed by atoms with Crippen LogP contribution < -0.4 is 10.6 Å². The highest BCUT2D eigenvalue weighted by atomic mass is 79.9. The molecule has 2 N–H and O–H groups in total. The Kier molecular flexibility index (Phi) is 1.78. The maximum atomic E-state index is 3.65. The monoisotopic (exact) mass is 252 g/mol. The zero-order valence-corrected chi connectivity index (χ0v) is 9.52. The Morgan fingerprint density at radius 3 is 2.79 bits per heavy atom. The van der Waals surface area contributed by atoms with Crippen molar-refractivity contribution in [2.75, 3.05) is 17.2 Å². The van der Waals surface area contributed by atoms with E-state index in [1.165, 1.54) is 30.6 Å². The smallest absolute Gasteiger partial charge is 0.0588 e. The van der Waals surface area contributed by atoms with Crippen LogP contribution in [0.3, 0.4) is 0 Å². The Labute approximate surface area is 92.2 Å². The second-order valence-corrected chi connectivity index (χ2v) is 5.22. The van der Waals surface area contributed by atoms with Crippen LogP contribution in [0.15, 0.2) is 22.7 Å². The molecule has 2 aliphatic rings. The molecular weight excluding hydrogens is 240 g/mol. The van der Waals surface area contributed by atoms with Crippen molar-refractivity contribution in [1.29, 1.82) is 0 Å². The number of anilines is 2. The fourth-order valence-corrected chi connectivity index (χ4v) is 2.63. The standard InChI is InChI=1S/C11H13BrN2/c12-8-2-3-9-10(6-8)13-7-11(14-9)4-1-5-11/h2-3,6,13-14H,1,4-5,7H2. The lowest BCUT2D eigenvalue weighted by atomic mass is 9.75. The summed E-state index contributed by atoms with van der Waals surface area (Å²) in [6.45, 7) is 1.07. The van der Waals surface area contributed by atoms with Crippen LogP contribution in [0.4, 0.5) is 11.4 Å². The molecule has 0 bridgehead atoms. The van der Waals surface area contributed by atoms with Gasteiger partial charge in [-0.1, -0.05) is 15.9 Å². The van der Waals surface area contributed by atoms with Gasteiger partial charge in [0.25, 0.3) is 0 Å². The topological polar surface area (TPSA) is 24.1 Å². The molecule has 0 amide bonds. The molecule has 0 atom stereocenters. The molecule has 3 rings (SSSR count). The normalized spacial score (nSPS) is 21.8. The predicted molar refractivity (Wildman–Crippen MR) is 62.8 cm³/mol. The van der Waals surface area contributed by atoms with Crippen LogP contribution in [0.5, 0.6) is 0 Å². The molecule has 0 aromatic heterocycles. The molecule has 1 heterocycles. The molecule has 1 saturated carbocycles. The van der Waals surface area contributed by atoms with Gasteiger partial charge in [0, 0.05) is 11.0 Å². The van der Waals surface area contributed by atoms with E-state index in [0.29, 0.717) is 5.54 Å². The first kappa shape index (κ1) is 8.60. The lowest BCUT2D eigenvalue weighted by Crippen LogP contribution is -2.52. The highest BCUT2D eigenvalue weighted by molar-refractivity contribution is 9.10. The van der Waals surface area contributed by atoms with Crippen LogP contribution in [0.1, 0.15) is 19.3 Å². The molecule has 1 fully saturated rings. The van der Waals surface area contributed by atoms with Gasteiger partial charge in [-0.15, -0.1) is 0 Å². The predicted octanol–water partition coefficient (Wildman–Crippen LogP) is 3.21. The van der Waals surface area contributed by atoms with Gasteiger partial charge in [-0.25, -0.2) is 0 Å². The number of hydrogen-bond donors (Lipinski definition) is 2. The lowest BCUT2D eigenvalue weighted by molar-refractivity contribution is 0.291. The molecule has 2 nitrogen and oxygen atoms in total. The van der Waals surface area contributed by atoms with Crippen LogP contribution in [-0.4, -0.2) is 12.1 Å². The average Bonchev–Trinajstić information content (AvgIpc) is 2.15. The van der Waals surface area contributed by atoms with Gasteiger partial charge in [-0.2, -0.15) is 0 Å². The van der Waals surface area contributed by atoms with Gasteiger partial charge in [-0.05, 0) is 37.5 Å². The van der Waals surface area contributed by atoms with Crippen molar-refractivity contribution in [1.82, 2.24) is 0 Å². The molecule has 0 unspecified atom stereocenters. The molecule has 1 aliphatic carbocycles. The summed E-state index contributed by atoms with van der Waals surface area (Å²) in [5.41, 5.74) is 2.83. The largest absolute Gasteiger partial charge is 0.381 e. The molecule has 74 valence electrons. The second kappa shape index (κ2) is 2.89. The third kappa shape index (κ3) is 1.22. The fourth-order valence-electron chi connectivity index (χ4n) is 2.27. The Hall–Kier alpha value is -0.700. The van der Waals surface area contributed by atoms with Crippen LogP contribution in [-0.2, 0) is 0 Å². The number of rotatable bonds is 0. The van der Waals surface area contributed by atoms with E-state index < -0.39 is 0 Å². The first-order valence-corrected chi connectivity index (χ1v) is 5.88. The van der Waals surface area contributed by atoms with E-state index in [1.807, 2.05) is 0 Å². The molecule has 0 saturated heterocycles. The molecule has 1 aromatic carbocycles. The van der Waals surface area contributed by atoms with Crippen molar-refractivity contribution in [3.05, 3.63) is 22.7 Å². The van der Waals surface area contributed by atoms with E-state index in [9.17, 15) is 0 Å². The van der Waals surface area contributed by atoms with Crippen molar-refractivity contribution in [3.8, 4) is 0 Å².